The molecule has 15 nitrogen and oxygen atoms in total. The van der Waals surface area contributed by atoms with Crippen LogP contribution in [-0.2, 0) is 33.5 Å². The molecule has 2 aromatic carbocycles. The maximum Gasteiger partial charge on any atom is 0.294 e. The molecule has 0 bridgehead atoms. The highest BCUT2D eigenvalue weighted by Gasteiger charge is 2.21. The van der Waals surface area contributed by atoms with Crippen LogP contribution in [0.3, 0.4) is 0 Å². The molecule has 0 spiro atoms. The number of benzene rings is 2. The number of hydrogen-bond donors (Lipinski definition) is 3. The molecule has 3 aromatic rings. The summed E-state index contributed by atoms with van der Waals surface area (Å²) in [5.74, 6) is -0.707. The summed E-state index contributed by atoms with van der Waals surface area (Å²) in [4.78, 5) is -0.351. The molecule has 0 amide bonds. The quantitative estimate of drug-likeness (QED) is 0.0688. The zero-order valence-corrected chi connectivity index (χ0v) is 22.4. The topological polar surface area (TPSA) is 208 Å². The summed E-state index contributed by atoms with van der Waals surface area (Å²) in [6.45, 7) is 2.86. The van der Waals surface area contributed by atoms with Crippen LogP contribution in [-0.4, -0.2) is 61.0 Å². The maximum absolute atomic E-state index is 12.7. The van der Waals surface area contributed by atoms with Crippen molar-refractivity contribution in [1.82, 2.24) is 9.78 Å². The van der Waals surface area contributed by atoms with E-state index in [1.165, 1.54) is 31.4 Å². The Morgan fingerprint density at radius 3 is 2.37 bits per heavy atom. The number of methoxy groups -OCH3 is 1. The Bertz CT molecular complexity index is 1540. The predicted octanol–water partition coefficient (Wildman–Crippen LogP) is 3.64. The van der Waals surface area contributed by atoms with E-state index in [9.17, 15) is 21.9 Å². The van der Waals surface area contributed by atoms with Gasteiger partial charge in [-0.1, -0.05) is 5.04 Å². The van der Waals surface area contributed by atoms with Gasteiger partial charge < -0.3 is 9.84 Å². The molecule has 0 fully saturated rings. The van der Waals surface area contributed by atoms with Gasteiger partial charge in [0, 0.05) is 6.07 Å². The standard InChI is InChI=1S/C20H22N4O11S3/c1-12-10-16(17(32-3)11-18(12)37(27,28)9-8-33-36-35-34-26)21-22-19-13(2)23-24(20(19)25)14-4-6-15(7-5-14)38(29,30)31/h4-7,10-11,25-26H,8-9H2,1-3H3,(H,29,30,31)/b22-21+. The van der Waals surface area contributed by atoms with E-state index in [-0.39, 0.29) is 51.5 Å². The average molecular weight is 591 g/mol. The number of aromatic nitrogens is 2. The van der Waals surface area contributed by atoms with Gasteiger partial charge in [-0.3, -0.25) is 8.74 Å². The third-order valence-electron chi connectivity index (χ3n) is 5.00. The van der Waals surface area contributed by atoms with E-state index in [0.717, 1.165) is 16.8 Å². The van der Waals surface area contributed by atoms with Gasteiger partial charge in [-0.15, -0.1) is 14.6 Å². The Kier molecular flexibility index (Phi) is 9.44. The molecule has 206 valence electrons. The Morgan fingerprint density at radius 2 is 1.76 bits per heavy atom. The van der Waals surface area contributed by atoms with Crippen molar-refractivity contribution >= 4 is 43.7 Å². The van der Waals surface area contributed by atoms with E-state index in [2.05, 4.69) is 24.7 Å². The fourth-order valence-corrected chi connectivity index (χ4v) is 5.38. The SMILES string of the molecule is COc1cc(S(=O)(=O)CCOSOOO)c(C)cc1/N=N/c1c(C)nn(-c2ccc(S(=O)(=O)O)cc2)c1O. The van der Waals surface area contributed by atoms with Gasteiger partial charge in [-0.05, 0) is 49.7 Å². The zero-order chi connectivity index (χ0) is 28.1. The molecule has 0 saturated heterocycles. The van der Waals surface area contributed by atoms with Gasteiger partial charge in [0.25, 0.3) is 10.1 Å². The van der Waals surface area contributed by atoms with Gasteiger partial charge in [-0.2, -0.15) is 18.2 Å². The number of sulfone groups is 1. The first-order valence-corrected chi connectivity index (χ1v) is 14.1. The first-order valence-electron chi connectivity index (χ1n) is 10.3. The van der Waals surface area contributed by atoms with E-state index in [1.54, 1.807) is 13.8 Å². The van der Waals surface area contributed by atoms with Crippen molar-refractivity contribution in [1.29, 1.82) is 0 Å². The van der Waals surface area contributed by atoms with Crippen LogP contribution in [0.1, 0.15) is 11.3 Å². The lowest BCUT2D eigenvalue weighted by atomic mass is 10.2. The van der Waals surface area contributed by atoms with E-state index in [0.29, 0.717) is 11.3 Å². The van der Waals surface area contributed by atoms with Crippen LogP contribution < -0.4 is 4.74 Å². The summed E-state index contributed by atoms with van der Waals surface area (Å²) in [5, 5.41) is 34.4. The van der Waals surface area contributed by atoms with Gasteiger partial charge in [-0.25, -0.2) is 13.7 Å². The average Bonchev–Trinajstić information content (AvgIpc) is 3.14. The Balaban J connectivity index is 1.88. The minimum absolute atomic E-state index is 0.00369. The Labute approximate surface area is 221 Å². The van der Waals surface area contributed by atoms with Crippen molar-refractivity contribution in [2.75, 3.05) is 19.5 Å². The molecule has 0 radical (unpaired) electrons. The number of aromatic hydroxyl groups is 1. The molecule has 0 aliphatic heterocycles. The maximum atomic E-state index is 12.7. The fraction of sp³-hybridized carbons (Fsp3) is 0.250. The number of rotatable bonds is 12. The summed E-state index contributed by atoms with van der Waals surface area (Å²) in [5.41, 5.74) is 1.10. The van der Waals surface area contributed by atoms with Crippen LogP contribution in [0.15, 0.2) is 56.4 Å². The van der Waals surface area contributed by atoms with Crippen molar-refractivity contribution in [2.45, 2.75) is 23.6 Å². The molecule has 0 atom stereocenters. The molecule has 0 aliphatic carbocycles. The van der Waals surface area contributed by atoms with Crippen LogP contribution >= 0.6 is 12.3 Å². The second-order valence-electron chi connectivity index (χ2n) is 7.48. The van der Waals surface area contributed by atoms with Gasteiger partial charge in [0.2, 0.25) is 5.88 Å². The fourth-order valence-electron chi connectivity index (χ4n) is 3.22. The summed E-state index contributed by atoms with van der Waals surface area (Å²) >= 11 is 0.262. The predicted molar refractivity (Wildman–Crippen MR) is 132 cm³/mol. The Morgan fingerprint density at radius 1 is 1.08 bits per heavy atom. The van der Waals surface area contributed by atoms with E-state index < -0.39 is 31.6 Å². The number of azo groups is 1. The normalized spacial score (nSPS) is 12.3. The molecule has 18 heteroatoms. The summed E-state index contributed by atoms with van der Waals surface area (Å²) < 4.78 is 72.3. The van der Waals surface area contributed by atoms with Gasteiger partial charge in [0.15, 0.2) is 27.8 Å². The van der Waals surface area contributed by atoms with Crippen molar-refractivity contribution < 1.29 is 50.0 Å². The molecule has 3 rings (SSSR count). The summed E-state index contributed by atoms with van der Waals surface area (Å²) in [6.07, 6.45) is 0. The summed E-state index contributed by atoms with van der Waals surface area (Å²) in [6, 6.07) is 7.68. The molecular formula is C20H22N4O11S3. The highest BCUT2D eigenvalue weighted by atomic mass is 32.2. The lowest BCUT2D eigenvalue weighted by Crippen LogP contribution is -2.12. The van der Waals surface area contributed by atoms with Gasteiger partial charge in [0.1, 0.15) is 11.4 Å². The number of nitrogens with zero attached hydrogens (tertiary/aromatic N) is 4. The minimum atomic E-state index is -4.39. The molecule has 1 aromatic heterocycles. The van der Waals surface area contributed by atoms with E-state index in [4.69, 9.17) is 18.7 Å². The van der Waals surface area contributed by atoms with Crippen LogP contribution in [0, 0.1) is 13.8 Å². The van der Waals surface area contributed by atoms with Crippen molar-refractivity contribution in [3.8, 4) is 17.3 Å². The smallest absolute Gasteiger partial charge is 0.294 e. The largest absolute Gasteiger partial charge is 0.494 e. The Hall–Kier alpha value is -3.10. The second kappa shape index (κ2) is 12.2. The minimum Gasteiger partial charge on any atom is -0.494 e. The van der Waals surface area contributed by atoms with Crippen molar-refractivity contribution in [3.63, 3.8) is 0 Å². The van der Waals surface area contributed by atoms with Gasteiger partial charge >= 0.3 is 0 Å². The monoisotopic (exact) mass is 590 g/mol. The van der Waals surface area contributed by atoms with E-state index >= 15 is 0 Å². The number of hydrogen-bond acceptors (Lipinski definition) is 14. The number of aryl methyl sites for hydroxylation is 2. The van der Waals surface area contributed by atoms with Crippen LogP contribution in [0.5, 0.6) is 11.6 Å². The zero-order valence-electron chi connectivity index (χ0n) is 20.0. The lowest BCUT2D eigenvalue weighted by molar-refractivity contribution is -0.434. The molecule has 0 saturated carbocycles. The first kappa shape index (κ1) is 29.5. The third-order valence-corrected chi connectivity index (χ3v) is 8.06. The third kappa shape index (κ3) is 6.85. The van der Waals surface area contributed by atoms with Crippen molar-refractivity contribution in [2.24, 2.45) is 10.2 Å². The highest BCUT2D eigenvalue weighted by Crippen LogP contribution is 2.37. The molecule has 38 heavy (non-hydrogen) atoms. The highest BCUT2D eigenvalue weighted by molar-refractivity contribution is 7.91. The molecule has 3 N–H and O–H groups in total. The van der Waals surface area contributed by atoms with E-state index in [1.807, 2.05) is 0 Å². The molecular weight excluding hydrogens is 568 g/mol. The first-order chi connectivity index (χ1) is 17.9. The van der Waals surface area contributed by atoms with Crippen LogP contribution in [0.4, 0.5) is 11.4 Å². The van der Waals surface area contributed by atoms with Crippen molar-refractivity contribution in [3.05, 3.63) is 47.7 Å². The van der Waals surface area contributed by atoms with Crippen LogP contribution in [0.2, 0.25) is 0 Å². The second-order valence-corrected chi connectivity index (χ2v) is 11.5. The number of ether oxygens (including phenoxy) is 1. The molecule has 1 heterocycles. The molecule has 0 aliphatic rings. The van der Waals surface area contributed by atoms with Crippen LogP contribution in [0.25, 0.3) is 5.69 Å². The molecule has 0 unspecified atom stereocenters. The lowest BCUT2D eigenvalue weighted by Gasteiger charge is -2.11. The van der Waals surface area contributed by atoms with Gasteiger partial charge in [0.05, 0.1) is 40.6 Å². The summed E-state index contributed by atoms with van der Waals surface area (Å²) in [7, 11) is -6.87.